The predicted molar refractivity (Wildman–Crippen MR) is 71.1 cm³/mol. The molecule has 0 aliphatic heterocycles. The Labute approximate surface area is 127 Å². The summed E-state index contributed by atoms with van der Waals surface area (Å²) in [6.07, 6.45) is 11.3. The molecule has 96 valence electrons. The van der Waals surface area contributed by atoms with E-state index in [1.165, 1.54) is 44.9 Å². The number of rotatable bonds is 11. The topological polar surface area (TPSA) is 43.4 Å². The molecule has 0 amide bonds. The first-order valence-corrected chi connectivity index (χ1v) is 6.44. The van der Waals surface area contributed by atoms with E-state index in [9.17, 15) is 9.59 Å². The number of ether oxygens (including phenoxy) is 1. The van der Waals surface area contributed by atoms with Gasteiger partial charge in [0.1, 0.15) is 0 Å². The maximum atomic E-state index is 10.8. The Bertz CT molecular complexity index is 184. The summed E-state index contributed by atoms with van der Waals surface area (Å²) in [5.74, 6) is -0.405. The van der Waals surface area contributed by atoms with Crippen LogP contribution >= 0.6 is 0 Å². The fourth-order valence-electron chi connectivity index (χ4n) is 1.69. The number of esters is 1. The predicted octanol–water partition coefficient (Wildman–Crippen LogP) is 2.96. The van der Waals surface area contributed by atoms with Crippen molar-refractivity contribution in [3.05, 3.63) is 0 Å². The molecule has 0 saturated carbocycles. The Hall–Kier alpha value is 0.140. The standard InChI is InChI=1S/C13H24O3.Na.H/c1-2-3-4-5-6-7-8-9-10-11-13(15)16-12-14;;/h12H,2-11H2,1H3;;. The zero-order valence-electron chi connectivity index (χ0n) is 10.4. The second kappa shape index (κ2) is 16.1. The molecule has 0 bridgehead atoms. The van der Waals surface area contributed by atoms with Crippen LogP contribution in [0.5, 0.6) is 0 Å². The van der Waals surface area contributed by atoms with Crippen LogP contribution in [0.4, 0.5) is 0 Å². The van der Waals surface area contributed by atoms with Gasteiger partial charge < -0.3 is 4.74 Å². The number of carbonyl (C=O) groups excluding carboxylic acids is 2. The molecule has 0 N–H and O–H groups in total. The second-order valence-corrected chi connectivity index (χ2v) is 4.16. The molecule has 0 aromatic heterocycles. The number of unbranched alkanes of at least 4 members (excludes halogenated alkanes) is 8. The van der Waals surface area contributed by atoms with Crippen LogP contribution in [0.15, 0.2) is 0 Å². The van der Waals surface area contributed by atoms with E-state index >= 15 is 0 Å². The molecular weight excluding hydrogens is 227 g/mol. The van der Waals surface area contributed by atoms with Crippen molar-refractivity contribution in [2.45, 2.75) is 71.1 Å². The molecule has 0 atom stereocenters. The molecule has 0 aliphatic rings. The molecule has 0 rings (SSSR count). The summed E-state index contributed by atoms with van der Waals surface area (Å²) in [4.78, 5) is 20.6. The maximum absolute atomic E-state index is 10.8. The second-order valence-electron chi connectivity index (χ2n) is 4.16. The Morgan fingerprint density at radius 2 is 1.41 bits per heavy atom. The van der Waals surface area contributed by atoms with E-state index in [0.29, 0.717) is 6.42 Å². The third-order valence-electron chi connectivity index (χ3n) is 2.66. The molecule has 17 heavy (non-hydrogen) atoms. The molecule has 0 heterocycles. The quantitative estimate of drug-likeness (QED) is 0.187. The molecule has 0 saturated heterocycles. The van der Waals surface area contributed by atoms with Gasteiger partial charge in [0.25, 0.3) is 0 Å². The fourth-order valence-corrected chi connectivity index (χ4v) is 1.69. The minimum atomic E-state index is -0.405. The van der Waals surface area contributed by atoms with Crippen molar-refractivity contribution in [2.75, 3.05) is 0 Å². The Morgan fingerprint density at radius 1 is 0.941 bits per heavy atom. The summed E-state index contributed by atoms with van der Waals surface area (Å²) in [5.41, 5.74) is 0. The summed E-state index contributed by atoms with van der Waals surface area (Å²) in [6.45, 7) is 2.43. The molecular formula is C13H25NaO3. The minimum absolute atomic E-state index is 0. The molecule has 0 unspecified atom stereocenters. The van der Waals surface area contributed by atoms with Crippen LogP contribution < -0.4 is 0 Å². The van der Waals surface area contributed by atoms with Crippen molar-refractivity contribution in [3.63, 3.8) is 0 Å². The average Bonchev–Trinajstić information content (AvgIpc) is 2.27. The van der Waals surface area contributed by atoms with E-state index in [1.54, 1.807) is 0 Å². The van der Waals surface area contributed by atoms with Gasteiger partial charge in [0, 0.05) is 6.42 Å². The Balaban J connectivity index is 0. The average molecular weight is 252 g/mol. The van der Waals surface area contributed by atoms with Crippen LogP contribution in [-0.4, -0.2) is 42.0 Å². The Morgan fingerprint density at radius 3 is 1.88 bits per heavy atom. The first-order chi connectivity index (χ1) is 7.81. The van der Waals surface area contributed by atoms with Crippen molar-refractivity contribution in [1.29, 1.82) is 0 Å². The van der Waals surface area contributed by atoms with Crippen LogP contribution in [0.3, 0.4) is 0 Å². The van der Waals surface area contributed by atoms with Gasteiger partial charge in [-0.1, -0.05) is 58.3 Å². The fraction of sp³-hybridized carbons (Fsp3) is 0.846. The van der Waals surface area contributed by atoms with Gasteiger partial charge in [-0.05, 0) is 6.42 Å². The first kappa shape index (κ1) is 19.5. The van der Waals surface area contributed by atoms with Crippen LogP contribution in [0, 0.1) is 0 Å². The van der Waals surface area contributed by atoms with Crippen LogP contribution in [0.25, 0.3) is 0 Å². The summed E-state index contributed by atoms with van der Waals surface area (Å²) in [6, 6.07) is 0. The van der Waals surface area contributed by atoms with E-state index in [4.69, 9.17) is 0 Å². The van der Waals surface area contributed by atoms with Crippen LogP contribution in [0.1, 0.15) is 71.1 Å². The molecule has 0 aromatic carbocycles. The zero-order valence-corrected chi connectivity index (χ0v) is 10.4. The van der Waals surface area contributed by atoms with Gasteiger partial charge in [0.05, 0.1) is 0 Å². The third kappa shape index (κ3) is 16.1. The number of hydrogen-bond acceptors (Lipinski definition) is 3. The molecule has 4 heteroatoms. The summed E-state index contributed by atoms with van der Waals surface area (Å²) in [5, 5.41) is 0. The number of hydrogen-bond donors (Lipinski definition) is 0. The van der Waals surface area contributed by atoms with Crippen molar-refractivity contribution in [1.82, 2.24) is 0 Å². The monoisotopic (exact) mass is 252 g/mol. The Kier molecular flexibility index (Phi) is 18.5. The van der Waals surface area contributed by atoms with Crippen LogP contribution in [-0.2, 0) is 14.3 Å². The molecule has 0 fully saturated rings. The number of carbonyl (C=O) groups is 2. The van der Waals surface area contributed by atoms with Gasteiger partial charge in [-0.3, -0.25) is 9.59 Å². The zero-order chi connectivity index (χ0) is 12.1. The van der Waals surface area contributed by atoms with E-state index < -0.39 is 5.97 Å². The van der Waals surface area contributed by atoms with Crippen LogP contribution in [0.2, 0.25) is 0 Å². The van der Waals surface area contributed by atoms with E-state index in [0.717, 1.165) is 12.8 Å². The van der Waals surface area contributed by atoms with Gasteiger partial charge in [-0.25, -0.2) is 0 Å². The van der Waals surface area contributed by atoms with Gasteiger partial charge in [-0.15, -0.1) is 0 Å². The van der Waals surface area contributed by atoms with Gasteiger partial charge in [0.2, 0.25) is 0 Å². The van der Waals surface area contributed by atoms with Gasteiger partial charge in [-0.2, -0.15) is 0 Å². The van der Waals surface area contributed by atoms with Gasteiger partial charge in [0.15, 0.2) is 0 Å². The van der Waals surface area contributed by atoms with E-state index in [-0.39, 0.29) is 36.0 Å². The van der Waals surface area contributed by atoms with Crippen molar-refractivity contribution in [2.24, 2.45) is 0 Å². The first-order valence-electron chi connectivity index (χ1n) is 6.44. The van der Waals surface area contributed by atoms with E-state index in [1.807, 2.05) is 0 Å². The molecule has 0 spiro atoms. The third-order valence-corrected chi connectivity index (χ3v) is 2.66. The summed E-state index contributed by atoms with van der Waals surface area (Å²) in [7, 11) is 0. The molecule has 0 aliphatic carbocycles. The summed E-state index contributed by atoms with van der Waals surface area (Å²) < 4.78 is 4.19. The normalized spacial score (nSPS) is 9.47. The molecule has 0 radical (unpaired) electrons. The van der Waals surface area contributed by atoms with Crippen molar-refractivity contribution >= 4 is 42.0 Å². The van der Waals surface area contributed by atoms with Crippen molar-refractivity contribution in [3.8, 4) is 0 Å². The SMILES string of the molecule is CCCCCCCCCCCC(=O)OC=O.[NaH]. The van der Waals surface area contributed by atoms with Gasteiger partial charge >= 0.3 is 42.0 Å². The molecule has 3 nitrogen and oxygen atoms in total. The summed E-state index contributed by atoms with van der Waals surface area (Å²) >= 11 is 0. The molecule has 0 aromatic rings. The van der Waals surface area contributed by atoms with Crippen molar-refractivity contribution < 1.29 is 14.3 Å². The van der Waals surface area contributed by atoms with E-state index in [2.05, 4.69) is 11.7 Å².